The molecule has 0 unspecified atom stereocenters. The lowest BCUT2D eigenvalue weighted by Gasteiger charge is -2.16. The Morgan fingerprint density at radius 3 is 2.09 bits per heavy atom. The van der Waals surface area contributed by atoms with Crippen molar-refractivity contribution in [3.05, 3.63) is 149 Å². The molecule has 0 saturated carbocycles. The third kappa shape index (κ3) is 3.77. The fraction of sp³-hybridized carbons (Fsp3) is 0.0732. The minimum absolute atomic E-state index is 0.747. The van der Waals surface area contributed by atoms with Crippen molar-refractivity contribution in [3.8, 4) is 22.5 Å². The van der Waals surface area contributed by atoms with E-state index in [1.807, 2.05) is 0 Å². The van der Waals surface area contributed by atoms with Gasteiger partial charge in [-0.05, 0) is 104 Å². The van der Waals surface area contributed by atoms with Crippen LogP contribution in [0.4, 0.5) is 0 Å². The first-order valence-corrected chi connectivity index (χ1v) is 15.8. The molecule has 0 aliphatic carbocycles. The van der Waals surface area contributed by atoms with E-state index in [1.165, 1.54) is 54.9 Å². The van der Waals surface area contributed by atoms with Gasteiger partial charge in [-0.25, -0.2) is 0 Å². The summed E-state index contributed by atoms with van der Waals surface area (Å²) in [5, 5.41) is 4.40. The summed E-state index contributed by atoms with van der Waals surface area (Å²) in [7, 11) is 0. The average Bonchev–Trinajstić information content (AvgIpc) is 3.69. The molecule has 0 aliphatic heterocycles. The normalized spacial score (nSPS) is 12.0. The molecule has 45 heavy (non-hydrogen) atoms. The summed E-state index contributed by atoms with van der Waals surface area (Å²) in [6.07, 6.45) is 0. The highest BCUT2D eigenvalue weighted by molar-refractivity contribution is 6.35. The van der Waals surface area contributed by atoms with E-state index in [9.17, 15) is 0 Å². The number of imidazole rings is 1. The van der Waals surface area contributed by atoms with E-state index in [4.69, 9.17) is 11.6 Å². The maximum Gasteiger partial charge on any atom is 0.123 e. The molecule has 9 aromatic rings. The van der Waals surface area contributed by atoms with Crippen LogP contribution in [0.25, 0.3) is 71.9 Å². The van der Waals surface area contributed by atoms with Crippen LogP contribution >= 0.6 is 11.6 Å². The number of benzene rings is 6. The fourth-order valence-electron chi connectivity index (χ4n) is 7.43. The summed E-state index contributed by atoms with van der Waals surface area (Å²) in [5.41, 5.74) is 15.0. The second-order valence-electron chi connectivity index (χ2n) is 12.2. The first-order chi connectivity index (χ1) is 22.0. The number of para-hydroxylation sites is 3. The summed E-state index contributed by atoms with van der Waals surface area (Å²) >= 11 is 7.53. The van der Waals surface area contributed by atoms with Gasteiger partial charge >= 0.3 is 0 Å². The van der Waals surface area contributed by atoms with E-state index in [-0.39, 0.29) is 0 Å². The summed E-state index contributed by atoms with van der Waals surface area (Å²) < 4.78 is 7.10. The molecule has 0 atom stereocenters. The van der Waals surface area contributed by atoms with Crippen LogP contribution in [-0.2, 0) is 0 Å². The van der Waals surface area contributed by atoms with Gasteiger partial charge in [-0.1, -0.05) is 78.3 Å². The van der Waals surface area contributed by atoms with Crippen LogP contribution in [0.5, 0.6) is 0 Å². The zero-order chi connectivity index (χ0) is 30.4. The van der Waals surface area contributed by atoms with E-state index < -0.39 is 0 Å². The van der Waals surface area contributed by atoms with Crippen molar-refractivity contribution in [2.24, 2.45) is 0 Å². The molecule has 3 aromatic heterocycles. The quantitative estimate of drug-likeness (QED) is 0.192. The Morgan fingerprint density at radius 1 is 0.533 bits per heavy atom. The molecule has 0 bridgehead atoms. The van der Waals surface area contributed by atoms with E-state index in [1.54, 1.807) is 0 Å². The van der Waals surface area contributed by atoms with Crippen LogP contribution in [-0.4, -0.2) is 13.5 Å². The van der Waals surface area contributed by atoms with Crippen molar-refractivity contribution < 1.29 is 0 Å². The first kappa shape index (κ1) is 26.2. The molecule has 0 N–H and O–H groups in total. The molecule has 9 rings (SSSR count). The smallest absolute Gasteiger partial charge is 0.123 e. The number of rotatable bonds is 3. The number of halogens is 1. The maximum absolute atomic E-state index is 7.53. The largest absolute Gasteiger partial charge is 0.309 e. The highest BCUT2D eigenvalue weighted by Gasteiger charge is 2.22. The molecule has 0 spiro atoms. The van der Waals surface area contributed by atoms with Crippen molar-refractivity contribution in [1.29, 1.82) is 0 Å². The van der Waals surface area contributed by atoms with Crippen LogP contribution in [0.2, 0.25) is 5.02 Å². The molecule has 6 aromatic carbocycles. The number of aryl methyl sites for hydroxylation is 3. The zero-order valence-corrected chi connectivity index (χ0v) is 26.1. The van der Waals surface area contributed by atoms with Crippen molar-refractivity contribution in [3.63, 3.8) is 0 Å². The first-order valence-electron chi connectivity index (χ1n) is 15.4. The van der Waals surface area contributed by atoms with Gasteiger partial charge in [0, 0.05) is 27.4 Å². The predicted octanol–water partition coefficient (Wildman–Crippen LogP) is 11.4. The Bertz CT molecular complexity index is 2630. The number of hydrogen-bond donors (Lipinski definition) is 0. The molecule has 4 heteroatoms. The zero-order valence-electron chi connectivity index (χ0n) is 25.3. The molecule has 216 valence electrons. The van der Waals surface area contributed by atoms with Gasteiger partial charge in [-0.15, -0.1) is 0 Å². The third-order valence-electron chi connectivity index (χ3n) is 9.25. The lowest BCUT2D eigenvalue weighted by Crippen LogP contribution is -1.99. The van der Waals surface area contributed by atoms with Crippen molar-refractivity contribution in [2.75, 3.05) is 0 Å². The standard InChI is InChI=1S/C41H30ClN3/c1-25-19-27(3)41-38(22-25)44-34-15-9-7-11-29(34)24-39(44)45(41)37-21-26(2)20-32(40(37)42)28-17-18-36-33(23-28)31-14-8-10-16-35(31)43(36)30-12-5-4-6-13-30/h4-24H,1-3H3. The molecule has 0 radical (unpaired) electrons. The fourth-order valence-corrected chi connectivity index (χ4v) is 7.74. The van der Waals surface area contributed by atoms with E-state index in [0.29, 0.717) is 0 Å². The highest BCUT2D eigenvalue weighted by atomic mass is 35.5. The van der Waals surface area contributed by atoms with Crippen molar-refractivity contribution in [2.45, 2.75) is 20.8 Å². The Labute approximate surface area is 266 Å². The SMILES string of the molecule is Cc1cc(-c2ccc3c(c2)c2ccccc2n3-c2ccccc2)c(Cl)c(-n2c3c(C)cc(C)cc3n3c4ccccc4cc23)c1. The van der Waals surface area contributed by atoms with Crippen molar-refractivity contribution in [1.82, 2.24) is 13.5 Å². The van der Waals surface area contributed by atoms with Gasteiger partial charge in [0.2, 0.25) is 0 Å². The molecule has 0 fully saturated rings. The van der Waals surface area contributed by atoms with Gasteiger partial charge in [0.1, 0.15) is 5.65 Å². The molecule has 3 heterocycles. The van der Waals surface area contributed by atoms with Crippen LogP contribution in [0.1, 0.15) is 16.7 Å². The molecule has 0 amide bonds. The molecular formula is C41H30ClN3. The molecule has 0 saturated heterocycles. The van der Waals surface area contributed by atoms with Gasteiger partial charge in [0.25, 0.3) is 0 Å². The van der Waals surface area contributed by atoms with Crippen LogP contribution in [0.15, 0.2) is 127 Å². The lowest BCUT2D eigenvalue weighted by molar-refractivity contribution is 1.13. The second kappa shape index (κ2) is 9.62. The average molecular weight is 600 g/mol. The minimum Gasteiger partial charge on any atom is -0.309 e. The van der Waals surface area contributed by atoms with Crippen LogP contribution < -0.4 is 0 Å². The van der Waals surface area contributed by atoms with Gasteiger partial charge in [0.15, 0.2) is 0 Å². The lowest BCUT2D eigenvalue weighted by atomic mass is 9.99. The molecule has 3 nitrogen and oxygen atoms in total. The van der Waals surface area contributed by atoms with Gasteiger partial charge in [-0.3, -0.25) is 8.97 Å². The molecular weight excluding hydrogens is 570 g/mol. The monoisotopic (exact) mass is 599 g/mol. The summed E-state index contributed by atoms with van der Waals surface area (Å²) in [6.45, 7) is 6.54. The van der Waals surface area contributed by atoms with Gasteiger partial charge in [0.05, 0.1) is 38.3 Å². The van der Waals surface area contributed by atoms with Crippen molar-refractivity contribution >= 4 is 61.0 Å². The highest BCUT2D eigenvalue weighted by Crippen LogP contribution is 2.42. The topological polar surface area (TPSA) is 14.3 Å². The second-order valence-corrected chi connectivity index (χ2v) is 12.6. The van der Waals surface area contributed by atoms with Gasteiger partial charge < -0.3 is 4.57 Å². The number of fused-ring (bicyclic) bond motifs is 8. The maximum atomic E-state index is 7.53. The summed E-state index contributed by atoms with van der Waals surface area (Å²) in [6, 6.07) is 45.9. The predicted molar refractivity (Wildman–Crippen MR) is 191 cm³/mol. The van der Waals surface area contributed by atoms with E-state index in [0.717, 1.165) is 38.7 Å². The third-order valence-corrected chi connectivity index (χ3v) is 9.64. The Hall–Kier alpha value is -5.25. The van der Waals surface area contributed by atoms with E-state index in [2.05, 4.69) is 162 Å². The Balaban J connectivity index is 1.33. The van der Waals surface area contributed by atoms with Gasteiger partial charge in [-0.2, -0.15) is 0 Å². The Morgan fingerprint density at radius 2 is 1.24 bits per heavy atom. The van der Waals surface area contributed by atoms with E-state index >= 15 is 0 Å². The minimum atomic E-state index is 0.747. The number of aromatic nitrogens is 3. The van der Waals surface area contributed by atoms with Crippen LogP contribution in [0.3, 0.4) is 0 Å². The van der Waals surface area contributed by atoms with Crippen LogP contribution in [0, 0.1) is 20.8 Å². The molecule has 0 aliphatic rings. The number of hydrogen-bond acceptors (Lipinski definition) is 0. The Kier molecular flexibility index (Phi) is 5.60. The summed E-state index contributed by atoms with van der Waals surface area (Å²) in [4.78, 5) is 0. The summed E-state index contributed by atoms with van der Waals surface area (Å²) in [5.74, 6) is 0. The number of nitrogens with zero attached hydrogens (tertiary/aromatic N) is 3.